The highest BCUT2D eigenvalue weighted by atomic mass is 79.9. The number of carboxylic acids is 1. The second-order valence-corrected chi connectivity index (χ2v) is 9.46. The van der Waals surface area contributed by atoms with Gasteiger partial charge in [-0.15, -0.1) is 0 Å². The van der Waals surface area contributed by atoms with Gasteiger partial charge in [-0.3, -0.25) is 4.90 Å². The monoisotopic (exact) mass is 562 g/mol. The van der Waals surface area contributed by atoms with E-state index in [0.29, 0.717) is 30.4 Å². The fourth-order valence-electron chi connectivity index (χ4n) is 4.13. The number of halogens is 1. The fraction of sp³-hybridized carbons (Fsp3) is 0.179. The van der Waals surface area contributed by atoms with Crippen molar-refractivity contribution in [3.8, 4) is 23.0 Å². The first-order chi connectivity index (χ1) is 18.0. The van der Waals surface area contributed by atoms with E-state index in [2.05, 4.69) is 20.9 Å². The van der Waals surface area contributed by atoms with Crippen LogP contribution < -0.4 is 9.47 Å². The maximum absolute atomic E-state index is 12.9. The molecule has 1 aromatic heterocycles. The number of carboxylic acid groups (broad SMARTS) is 1. The zero-order valence-electron chi connectivity index (χ0n) is 19.7. The van der Waals surface area contributed by atoms with Crippen LogP contribution in [0.5, 0.6) is 11.5 Å². The predicted octanol–water partition coefficient (Wildman–Crippen LogP) is 5.74. The third-order valence-electron chi connectivity index (χ3n) is 6.05. The number of carbonyl (C=O) groups is 2. The summed E-state index contributed by atoms with van der Waals surface area (Å²) in [5.74, 6) is 0.442. The summed E-state index contributed by atoms with van der Waals surface area (Å²) in [5, 5.41) is 9.75. The summed E-state index contributed by atoms with van der Waals surface area (Å²) in [6.45, 7) is 0.481. The largest absolute Gasteiger partial charge is 0.493 e. The molecule has 188 valence electrons. The van der Waals surface area contributed by atoms with Crippen LogP contribution in [0.25, 0.3) is 11.5 Å². The number of aliphatic carboxylic acids is 1. The molecule has 4 aromatic rings. The van der Waals surface area contributed by atoms with Crippen LogP contribution in [0.4, 0.5) is 4.79 Å². The fourth-order valence-corrected chi connectivity index (χ4v) is 4.40. The smallest absolute Gasteiger partial charge is 0.416 e. The number of nitrogens with zero attached hydrogens (tertiary/aromatic N) is 2. The van der Waals surface area contributed by atoms with Crippen LogP contribution >= 0.6 is 15.9 Å². The lowest BCUT2D eigenvalue weighted by Gasteiger charge is -2.33. The molecule has 2 heterocycles. The van der Waals surface area contributed by atoms with Gasteiger partial charge in [0.15, 0.2) is 0 Å². The third kappa shape index (κ3) is 5.83. The number of hydrogen-bond acceptors (Lipinski definition) is 6. The van der Waals surface area contributed by atoms with Crippen molar-refractivity contribution in [1.29, 1.82) is 0 Å². The van der Waals surface area contributed by atoms with Crippen LogP contribution in [0.15, 0.2) is 87.9 Å². The van der Waals surface area contributed by atoms with Crippen LogP contribution in [-0.2, 0) is 24.2 Å². The Morgan fingerprint density at radius 1 is 1.03 bits per heavy atom. The molecule has 1 atom stereocenters. The lowest BCUT2D eigenvalue weighted by atomic mass is 9.94. The minimum absolute atomic E-state index is 0.0998. The molecule has 0 aliphatic carbocycles. The van der Waals surface area contributed by atoms with Crippen LogP contribution in [0, 0.1) is 0 Å². The van der Waals surface area contributed by atoms with Gasteiger partial charge in [-0.1, -0.05) is 40.2 Å². The first-order valence-electron chi connectivity index (χ1n) is 11.7. The van der Waals surface area contributed by atoms with Gasteiger partial charge < -0.3 is 19.0 Å². The van der Waals surface area contributed by atoms with Crippen LogP contribution in [0.3, 0.4) is 0 Å². The van der Waals surface area contributed by atoms with E-state index in [1.165, 1.54) is 4.90 Å². The number of hydrogen-bond donors (Lipinski definition) is 1. The first-order valence-corrected chi connectivity index (χ1v) is 12.5. The lowest BCUT2D eigenvalue weighted by Crippen LogP contribution is -2.49. The number of aromatic nitrogens is 1. The Morgan fingerprint density at radius 2 is 1.78 bits per heavy atom. The van der Waals surface area contributed by atoms with Crippen molar-refractivity contribution in [2.24, 2.45) is 0 Å². The van der Waals surface area contributed by atoms with Crippen molar-refractivity contribution in [1.82, 2.24) is 9.88 Å². The topological polar surface area (TPSA) is 102 Å². The Balaban J connectivity index is 1.23. The molecule has 1 N–H and O–H groups in total. The Kier molecular flexibility index (Phi) is 7.23. The van der Waals surface area contributed by atoms with Gasteiger partial charge in [0, 0.05) is 22.9 Å². The van der Waals surface area contributed by atoms with E-state index in [-0.39, 0.29) is 13.0 Å². The summed E-state index contributed by atoms with van der Waals surface area (Å²) >= 11 is 3.33. The second kappa shape index (κ2) is 10.9. The van der Waals surface area contributed by atoms with E-state index in [4.69, 9.17) is 13.9 Å². The van der Waals surface area contributed by atoms with Gasteiger partial charge in [0.05, 0.1) is 18.8 Å². The SMILES string of the molecule is O=C(O)C1Cc2ccc(OCCc3coc(-c4ccccc4)n3)cc2CN1C(=O)Oc1ccc(Br)cc1. The number of carbonyl (C=O) groups excluding carboxylic acids is 1. The van der Waals surface area contributed by atoms with Gasteiger partial charge in [-0.05, 0) is 59.7 Å². The van der Waals surface area contributed by atoms with E-state index in [9.17, 15) is 14.7 Å². The van der Waals surface area contributed by atoms with Crippen LogP contribution in [0.2, 0.25) is 0 Å². The average molecular weight is 563 g/mol. The highest BCUT2D eigenvalue weighted by Gasteiger charge is 2.36. The lowest BCUT2D eigenvalue weighted by molar-refractivity contribution is -0.143. The minimum atomic E-state index is -1.08. The molecule has 0 spiro atoms. The van der Waals surface area contributed by atoms with Gasteiger partial charge in [0.1, 0.15) is 23.8 Å². The Morgan fingerprint density at radius 3 is 2.54 bits per heavy atom. The summed E-state index contributed by atoms with van der Waals surface area (Å²) < 4.78 is 17.8. The van der Waals surface area contributed by atoms with E-state index in [1.54, 1.807) is 30.5 Å². The maximum atomic E-state index is 12.9. The zero-order valence-corrected chi connectivity index (χ0v) is 21.3. The van der Waals surface area contributed by atoms with E-state index in [1.807, 2.05) is 48.5 Å². The van der Waals surface area contributed by atoms with Crippen LogP contribution in [-0.4, -0.2) is 39.7 Å². The molecule has 0 saturated carbocycles. The maximum Gasteiger partial charge on any atom is 0.416 e. The van der Waals surface area contributed by atoms with Crippen molar-refractivity contribution in [2.75, 3.05) is 6.61 Å². The number of oxazole rings is 1. The quantitative estimate of drug-likeness (QED) is 0.306. The standard InChI is InChI=1S/C28H23BrN2O6/c29-21-7-10-23(11-8-21)37-28(34)31-16-20-14-24(9-6-19(20)15-25(31)27(32)33)35-13-12-22-17-36-26(30-22)18-4-2-1-3-5-18/h1-11,14,17,25H,12-13,15-16H2,(H,32,33). The number of amides is 1. The zero-order chi connectivity index (χ0) is 25.8. The van der Waals surface area contributed by atoms with Crippen molar-refractivity contribution in [3.05, 3.63) is 100 Å². The first kappa shape index (κ1) is 24.6. The molecule has 0 bridgehead atoms. The molecule has 5 rings (SSSR count). The van der Waals surface area contributed by atoms with Gasteiger partial charge in [-0.2, -0.15) is 0 Å². The Bertz CT molecular complexity index is 1400. The molecule has 0 radical (unpaired) electrons. The molecule has 1 amide bonds. The summed E-state index contributed by atoms with van der Waals surface area (Å²) in [7, 11) is 0. The third-order valence-corrected chi connectivity index (χ3v) is 6.57. The van der Waals surface area contributed by atoms with Crippen molar-refractivity contribution >= 4 is 28.0 Å². The van der Waals surface area contributed by atoms with E-state index < -0.39 is 18.1 Å². The molecule has 1 unspecified atom stereocenters. The van der Waals surface area contributed by atoms with Gasteiger partial charge in [0.25, 0.3) is 0 Å². The number of benzene rings is 3. The summed E-state index contributed by atoms with van der Waals surface area (Å²) in [4.78, 5) is 30.5. The van der Waals surface area contributed by atoms with Crippen molar-refractivity contribution < 1.29 is 28.6 Å². The molecule has 37 heavy (non-hydrogen) atoms. The van der Waals surface area contributed by atoms with Gasteiger partial charge >= 0.3 is 12.1 Å². The van der Waals surface area contributed by atoms with Crippen molar-refractivity contribution in [3.63, 3.8) is 0 Å². The molecule has 1 aliphatic rings. The van der Waals surface area contributed by atoms with Gasteiger partial charge in [0.2, 0.25) is 5.89 Å². The molecular weight excluding hydrogens is 540 g/mol. The van der Waals surface area contributed by atoms with Crippen LogP contribution in [0.1, 0.15) is 16.8 Å². The molecule has 1 aliphatic heterocycles. The summed E-state index contributed by atoms with van der Waals surface area (Å²) in [6.07, 6.45) is 1.65. The van der Waals surface area contributed by atoms with E-state index >= 15 is 0 Å². The molecule has 0 fully saturated rings. The van der Waals surface area contributed by atoms with Crippen molar-refractivity contribution in [2.45, 2.75) is 25.4 Å². The molecule has 8 nitrogen and oxygen atoms in total. The Hall–Kier alpha value is -4.11. The normalized spacial score (nSPS) is 14.6. The Labute approximate surface area is 221 Å². The molecular formula is C28H23BrN2O6. The molecule has 3 aromatic carbocycles. The van der Waals surface area contributed by atoms with Gasteiger partial charge in [-0.25, -0.2) is 14.6 Å². The summed E-state index contributed by atoms with van der Waals surface area (Å²) in [5.41, 5.74) is 3.36. The highest BCUT2D eigenvalue weighted by molar-refractivity contribution is 9.10. The molecule has 0 saturated heterocycles. The number of ether oxygens (including phenoxy) is 2. The number of rotatable bonds is 7. The number of fused-ring (bicyclic) bond motifs is 1. The second-order valence-electron chi connectivity index (χ2n) is 8.55. The average Bonchev–Trinajstić information content (AvgIpc) is 3.38. The molecule has 9 heteroatoms. The highest BCUT2D eigenvalue weighted by Crippen LogP contribution is 2.29. The predicted molar refractivity (Wildman–Crippen MR) is 138 cm³/mol. The minimum Gasteiger partial charge on any atom is -0.493 e. The summed E-state index contributed by atoms with van der Waals surface area (Å²) in [6, 6.07) is 20.9. The van der Waals surface area contributed by atoms with E-state index in [0.717, 1.165) is 26.9 Å².